The van der Waals surface area contributed by atoms with Gasteiger partial charge in [-0.05, 0) is 41.8 Å². The normalized spacial score (nSPS) is 23.0. The van der Waals surface area contributed by atoms with Crippen molar-refractivity contribution in [1.82, 2.24) is 25.6 Å². The summed E-state index contributed by atoms with van der Waals surface area (Å²) < 4.78 is 5.21. The molecule has 1 aromatic heterocycles. The van der Waals surface area contributed by atoms with Crippen molar-refractivity contribution in [2.75, 3.05) is 33.3 Å². The Labute approximate surface area is 165 Å². The molecule has 2 saturated heterocycles. The summed E-state index contributed by atoms with van der Waals surface area (Å²) in [5.41, 5.74) is 8.88. The van der Waals surface area contributed by atoms with Crippen LogP contribution >= 0.6 is 0 Å². The fraction of sp³-hybridized carbons (Fsp3) is 0.429. The summed E-state index contributed by atoms with van der Waals surface area (Å²) in [6.07, 6.45) is 4.41. The topological polar surface area (TPSA) is 69.7 Å². The highest BCUT2D eigenvalue weighted by atomic mass is 16.5. The van der Waals surface area contributed by atoms with Crippen molar-refractivity contribution in [2.24, 2.45) is 0 Å². The lowest BCUT2D eigenvalue weighted by Crippen LogP contribution is -2.53. The van der Waals surface area contributed by atoms with Gasteiger partial charge < -0.3 is 9.64 Å². The van der Waals surface area contributed by atoms with Gasteiger partial charge in [0.05, 0.1) is 7.11 Å². The smallest absolute Gasteiger partial charge is 0.241 e. The van der Waals surface area contributed by atoms with Crippen LogP contribution in [0.25, 0.3) is 0 Å². The Balaban J connectivity index is 1.27. The molecule has 2 aromatic rings. The highest BCUT2D eigenvalue weighted by Gasteiger charge is 2.34. The van der Waals surface area contributed by atoms with E-state index >= 15 is 0 Å². The Hall–Kier alpha value is -2.48. The Morgan fingerprint density at radius 1 is 1.07 bits per heavy atom. The van der Waals surface area contributed by atoms with E-state index in [2.05, 4.69) is 20.7 Å². The highest BCUT2D eigenvalue weighted by Crippen LogP contribution is 2.25. The number of aromatic nitrogens is 1. The average Bonchev–Trinajstić information content (AvgIpc) is 3.25. The zero-order valence-electron chi connectivity index (χ0n) is 16.2. The number of hydrogen-bond acceptors (Lipinski definition) is 6. The molecule has 2 N–H and O–H groups in total. The third kappa shape index (κ3) is 4.32. The first kappa shape index (κ1) is 18.9. The van der Waals surface area contributed by atoms with Crippen molar-refractivity contribution in [3.8, 4) is 5.75 Å². The molecule has 0 spiro atoms. The number of benzene rings is 1. The van der Waals surface area contributed by atoms with Crippen LogP contribution in [0.4, 0.5) is 0 Å². The Morgan fingerprint density at radius 3 is 2.46 bits per heavy atom. The van der Waals surface area contributed by atoms with Crippen molar-refractivity contribution in [3.63, 3.8) is 0 Å². The third-order valence-electron chi connectivity index (χ3n) is 5.56. The molecule has 2 unspecified atom stereocenters. The minimum Gasteiger partial charge on any atom is -0.497 e. The number of methoxy groups -OCH3 is 1. The maximum Gasteiger partial charge on any atom is 0.241 e. The first-order valence-electron chi connectivity index (χ1n) is 9.78. The van der Waals surface area contributed by atoms with Gasteiger partial charge in [-0.2, -0.15) is 0 Å². The molecular weight excluding hydrogens is 354 g/mol. The fourth-order valence-corrected chi connectivity index (χ4v) is 3.87. The van der Waals surface area contributed by atoms with Gasteiger partial charge in [0.2, 0.25) is 5.91 Å². The van der Waals surface area contributed by atoms with E-state index in [1.54, 1.807) is 7.11 Å². The lowest BCUT2D eigenvalue weighted by molar-refractivity contribution is -0.135. The number of hydrazine groups is 1. The molecule has 2 aliphatic heterocycles. The van der Waals surface area contributed by atoms with Crippen LogP contribution in [0, 0.1) is 0 Å². The molecule has 2 fully saturated rings. The van der Waals surface area contributed by atoms with E-state index in [-0.39, 0.29) is 18.0 Å². The van der Waals surface area contributed by atoms with E-state index in [4.69, 9.17) is 4.74 Å². The maximum atomic E-state index is 12.9. The van der Waals surface area contributed by atoms with Crippen LogP contribution in [-0.4, -0.2) is 60.0 Å². The van der Waals surface area contributed by atoms with E-state index in [0.717, 1.165) is 50.5 Å². The minimum atomic E-state index is -0.182. The van der Waals surface area contributed by atoms with Gasteiger partial charge in [0, 0.05) is 51.2 Å². The standard InChI is InChI=1S/C21H27N5O2/c1-28-18-4-2-17(3-5-18)19-14-20(24-23-19)21(27)26-12-10-25(11-13-26)15-16-6-8-22-9-7-16/h2-9,19-20,23-24H,10-15H2,1H3. The van der Waals surface area contributed by atoms with Gasteiger partial charge in [-0.3, -0.25) is 14.7 Å². The number of amides is 1. The van der Waals surface area contributed by atoms with Crippen LogP contribution in [0.2, 0.25) is 0 Å². The van der Waals surface area contributed by atoms with E-state index in [1.807, 2.05) is 53.7 Å². The monoisotopic (exact) mass is 381 g/mol. The van der Waals surface area contributed by atoms with E-state index in [0.29, 0.717) is 0 Å². The molecule has 0 saturated carbocycles. The second-order valence-electron chi connectivity index (χ2n) is 7.36. The molecule has 28 heavy (non-hydrogen) atoms. The second kappa shape index (κ2) is 8.68. The first-order valence-corrected chi connectivity index (χ1v) is 9.78. The zero-order valence-corrected chi connectivity index (χ0v) is 16.2. The molecule has 2 atom stereocenters. The molecule has 0 bridgehead atoms. The summed E-state index contributed by atoms with van der Waals surface area (Å²) >= 11 is 0. The fourth-order valence-electron chi connectivity index (χ4n) is 3.87. The summed E-state index contributed by atoms with van der Waals surface area (Å²) in [7, 11) is 1.66. The van der Waals surface area contributed by atoms with Crippen LogP contribution in [0.1, 0.15) is 23.6 Å². The zero-order chi connectivity index (χ0) is 19.3. The molecule has 7 heteroatoms. The average molecular weight is 381 g/mol. The van der Waals surface area contributed by atoms with Gasteiger partial charge in [-0.1, -0.05) is 12.1 Å². The quantitative estimate of drug-likeness (QED) is 0.815. The number of ether oxygens (including phenoxy) is 1. The van der Waals surface area contributed by atoms with Gasteiger partial charge >= 0.3 is 0 Å². The van der Waals surface area contributed by atoms with Gasteiger partial charge in [-0.15, -0.1) is 0 Å². The number of hydrogen-bond donors (Lipinski definition) is 2. The molecule has 0 aliphatic carbocycles. The molecular formula is C21H27N5O2. The Bertz CT molecular complexity index is 775. The molecule has 2 aliphatic rings. The van der Waals surface area contributed by atoms with Gasteiger partial charge in [-0.25, -0.2) is 10.9 Å². The van der Waals surface area contributed by atoms with Crippen LogP contribution in [0.3, 0.4) is 0 Å². The number of nitrogens with zero attached hydrogens (tertiary/aromatic N) is 3. The third-order valence-corrected chi connectivity index (χ3v) is 5.56. The van der Waals surface area contributed by atoms with Crippen molar-refractivity contribution in [3.05, 3.63) is 59.9 Å². The predicted octanol–water partition coefficient (Wildman–Crippen LogP) is 1.34. The molecule has 3 heterocycles. The molecule has 0 radical (unpaired) electrons. The van der Waals surface area contributed by atoms with Crippen molar-refractivity contribution in [2.45, 2.75) is 25.0 Å². The van der Waals surface area contributed by atoms with Crippen molar-refractivity contribution >= 4 is 5.91 Å². The van der Waals surface area contributed by atoms with Gasteiger partial charge in [0.25, 0.3) is 0 Å². The molecule has 148 valence electrons. The van der Waals surface area contributed by atoms with Crippen LogP contribution in [-0.2, 0) is 11.3 Å². The van der Waals surface area contributed by atoms with E-state index < -0.39 is 0 Å². The number of nitrogens with one attached hydrogen (secondary N) is 2. The summed E-state index contributed by atoms with van der Waals surface area (Å²) in [5.74, 6) is 1.03. The second-order valence-corrected chi connectivity index (χ2v) is 7.36. The summed E-state index contributed by atoms with van der Waals surface area (Å²) in [4.78, 5) is 21.4. The van der Waals surface area contributed by atoms with Crippen molar-refractivity contribution < 1.29 is 9.53 Å². The molecule has 1 aromatic carbocycles. The lowest BCUT2D eigenvalue weighted by Gasteiger charge is -2.35. The number of piperazine rings is 1. The Morgan fingerprint density at radius 2 is 1.79 bits per heavy atom. The number of carbonyl (C=O) groups excluding carboxylic acids is 1. The predicted molar refractivity (Wildman–Crippen MR) is 107 cm³/mol. The molecule has 7 nitrogen and oxygen atoms in total. The molecule has 4 rings (SSSR count). The van der Waals surface area contributed by atoms with Crippen LogP contribution in [0.15, 0.2) is 48.8 Å². The summed E-state index contributed by atoms with van der Waals surface area (Å²) in [6.45, 7) is 4.25. The highest BCUT2D eigenvalue weighted by molar-refractivity contribution is 5.82. The van der Waals surface area contributed by atoms with E-state index in [9.17, 15) is 4.79 Å². The summed E-state index contributed by atoms with van der Waals surface area (Å²) in [6, 6.07) is 12.0. The van der Waals surface area contributed by atoms with Crippen LogP contribution in [0.5, 0.6) is 5.75 Å². The number of rotatable bonds is 5. The van der Waals surface area contributed by atoms with Gasteiger partial charge in [0.15, 0.2) is 0 Å². The SMILES string of the molecule is COc1ccc(C2CC(C(=O)N3CCN(Cc4ccncc4)CC3)NN2)cc1. The largest absolute Gasteiger partial charge is 0.497 e. The minimum absolute atomic E-state index is 0.132. The van der Waals surface area contributed by atoms with E-state index in [1.165, 1.54) is 5.56 Å². The lowest BCUT2D eigenvalue weighted by atomic mass is 10.0. The van der Waals surface area contributed by atoms with Gasteiger partial charge in [0.1, 0.15) is 11.8 Å². The summed E-state index contributed by atoms with van der Waals surface area (Å²) in [5, 5.41) is 0. The number of pyridine rings is 1. The maximum absolute atomic E-state index is 12.9. The van der Waals surface area contributed by atoms with Crippen LogP contribution < -0.4 is 15.6 Å². The number of carbonyl (C=O) groups is 1. The first-order chi connectivity index (χ1) is 13.7. The molecule has 1 amide bonds. The Kier molecular flexibility index (Phi) is 5.85. The van der Waals surface area contributed by atoms with Crippen molar-refractivity contribution in [1.29, 1.82) is 0 Å².